The first-order valence-corrected chi connectivity index (χ1v) is 5.91. The average Bonchev–Trinajstić information content (AvgIpc) is 3.22. The molecule has 0 bridgehead atoms. The number of hydrogen-bond donors (Lipinski definition) is 1. The maximum atomic E-state index is 11.2. The van der Waals surface area contributed by atoms with Gasteiger partial charge in [-0.1, -0.05) is 12.1 Å². The van der Waals surface area contributed by atoms with Gasteiger partial charge in [-0.3, -0.25) is 14.9 Å². The zero-order valence-electron chi connectivity index (χ0n) is 10.2. The van der Waals surface area contributed by atoms with Crippen molar-refractivity contribution in [3.05, 3.63) is 46.0 Å². The zero-order chi connectivity index (χ0) is 13.7. The molecular weight excluding hydrogens is 246 g/mol. The Hall–Kier alpha value is -2.50. The summed E-state index contributed by atoms with van der Waals surface area (Å²) in [6.45, 7) is 0. The van der Waals surface area contributed by atoms with Crippen LogP contribution in [-0.4, -0.2) is 17.0 Å². The van der Waals surface area contributed by atoms with Crippen LogP contribution in [0.5, 0.6) is 0 Å². The number of nitrogens with one attached hydrogen (secondary N) is 1. The van der Waals surface area contributed by atoms with Crippen molar-refractivity contribution in [2.24, 2.45) is 11.0 Å². The largest absolute Gasteiger partial charge is 0.276 e. The van der Waals surface area contributed by atoms with Crippen LogP contribution in [0.3, 0.4) is 0 Å². The highest BCUT2D eigenvalue weighted by molar-refractivity contribution is 5.84. The molecule has 0 aliphatic heterocycles. The van der Waals surface area contributed by atoms with E-state index in [4.69, 9.17) is 0 Å². The summed E-state index contributed by atoms with van der Waals surface area (Å²) in [6.07, 6.45) is 6.37. The molecule has 6 nitrogen and oxygen atoms in total. The number of allylic oxidation sites excluding steroid dienone is 1. The summed E-state index contributed by atoms with van der Waals surface area (Å²) >= 11 is 0. The van der Waals surface area contributed by atoms with Gasteiger partial charge in [0.15, 0.2) is 0 Å². The van der Waals surface area contributed by atoms with Crippen molar-refractivity contribution in [2.45, 2.75) is 12.8 Å². The van der Waals surface area contributed by atoms with Gasteiger partial charge >= 0.3 is 0 Å². The maximum absolute atomic E-state index is 11.2. The molecule has 0 spiro atoms. The van der Waals surface area contributed by atoms with E-state index >= 15 is 0 Å². The number of hydrazone groups is 1. The number of nitro groups is 1. The lowest BCUT2D eigenvalue weighted by atomic mass is 10.2. The smallest absolute Gasteiger partial charge is 0.273 e. The number of benzene rings is 1. The van der Waals surface area contributed by atoms with E-state index < -0.39 is 4.92 Å². The third kappa shape index (κ3) is 3.74. The van der Waals surface area contributed by atoms with Crippen LogP contribution in [0.1, 0.15) is 18.4 Å². The molecule has 98 valence electrons. The van der Waals surface area contributed by atoms with Crippen LogP contribution in [0.4, 0.5) is 5.69 Å². The van der Waals surface area contributed by atoms with E-state index in [-0.39, 0.29) is 17.5 Å². The monoisotopic (exact) mass is 259 g/mol. The summed E-state index contributed by atoms with van der Waals surface area (Å²) < 4.78 is 0. The van der Waals surface area contributed by atoms with Gasteiger partial charge in [0, 0.05) is 18.2 Å². The molecule has 1 aliphatic carbocycles. The van der Waals surface area contributed by atoms with E-state index in [2.05, 4.69) is 10.5 Å². The Bertz CT molecular complexity index is 548. The van der Waals surface area contributed by atoms with Gasteiger partial charge in [0.2, 0.25) is 5.91 Å². The van der Waals surface area contributed by atoms with Gasteiger partial charge in [-0.05, 0) is 31.1 Å². The van der Waals surface area contributed by atoms with Crippen LogP contribution >= 0.6 is 0 Å². The Balaban J connectivity index is 1.93. The summed E-state index contributed by atoms with van der Waals surface area (Å²) in [5.74, 6) is 0.0340. The molecule has 1 aromatic carbocycles. The summed E-state index contributed by atoms with van der Waals surface area (Å²) in [4.78, 5) is 21.6. The number of amides is 1. The maximum Gasteiger partial charge on any atom is 0.276 e. The first kappa shape index (κ1) is 12.9. The third-order valence-electron chi connectivity index (χ3n) is 2.69. The zero-order valence-corrected chi connectivity index (χ0v) is 10.2. The molecule has 6 heteroatoms. The van der Waals surface area contributed by atoms with Crippen LogP contribution in [0.2, 0.25) is 0 Å². The first-order valence-electron chi connectivity index (χ1n) is 5.91. The lowest BCUT2D eigenvalue weighted by molar-refractivity contribution is -0.385. The molecule has 0 saturated heterocycles. The Kier molecular flexibility index (Phi) is 4.02. The fraction of sp³-hybridized carbons (Fsp3) is 0.231. The number of rotatable bonds is 5. The molecule has 19 heavy (non-hydrogen) atoms. The molecule has 2 rings (SSSR count). The molecule has 1 N–H and O–H groups in total. The molecular formula is C13H13N3O3. The molecule has 1 aliphatic rings. The molecule has 1 saturated carbocycles. The highest BCUT2D eigenvalue weighted by Gasteiger charge is 2.29. The second kappa shape index (κ2) is 5.90. The summed E-state index contributed by atoms with van der Waals surface area (Å²) in [5.41, 5.74) is 2.94. The van der Waals surface area contributed by atoms with Crippen molar-refractivity contribution in [2.75, 3.05) is 0 Å². The standard InChI is InChI=1S/C13H13N3O3/c17-13(11-7-8-11)15-14-9-3-5-10-4-1-2-6-12(10)16(18)19/h1-6,9,11H,7-8H2,(H,15,17)/b5-3+,14-9-. The predicted molar refractivity (Wildman–Crippen MR) is 71.5 cm³/mol. The molecule has 1 aromatic rings. The predicted octanol–water partition coefficient (Wildman–Crippen LogP) is 2.12. The van der Waals surface area contributed by atoms with Crippen molar-refractivity contribution in [1.29, 1.82) is 0 Å². The second-order valence-corrected chi connectivity index (χ2v) is 4.20. The summed E-state index contributed by atoms with van der Waals surface area (Å²) in [5, 5.41) is 14.5. The highest BCUT2D eigenvalue weighted by atomic mass is 16.6. The van der Waals surface area contributed by atoms with E-state index in [0.717, 1.165) is 12.8 Å². The molecule has 0 atom stereocenters. The van der Waals surface area contributed by atoms with Gasteiger partial charge in [-0.15, -0.1) is 0 Å². The number of nitro benzene ring substituents is 1. The Morgan fingerprint density at radius 2 is 2.16 bits per heavy atom. The van der Waals surface area contributed by atoms with E-state index in [1.807, 2.05) is 0 Å². The van der Waals surface area contributed by atoms with Gasteiger partial charge in [0.05, 0.1) is 10.5 Å². The number of para-hydroxylation sites is 1. The molecule has 1 fully saturated rings. The molecule has 1 amide bonds. The minimum atomic E-state index is -0.439. The van der Waals surface area contributed by atoms with E-state index in [1.54, 1.807) is 30.4 Å². The van der Waals surface area contributed by atoms with Crippen LogP contribution in [-0.2, 0) is 4.79 Å². The fourth-order valence-electron chi connectivity index (χ4n) is 1.52. The van der Waals surface area contributed by atoms with Crippen molar-refractivity contribution in [1.82, 2.24) is 5.43 Å². The van der Waals surface area contributed by atoms with Gasteiger partial charge in [-0.2, -0.15) is 5.10 Å². The number of carbonyl (C=O) groups is 1. The Labute approximate surface area is 110 Å². The normalized spacial score (nSPS) is 14.9. The Morgan fingerprint density at radius 3 is 2.84 bits per heavy atom. The number of carbonyl (C=O) groups excluding carboxylic acids is 1. The van der Waals surface area contributed by atoms with Crippen molar-refractivity contribution in [3.63, 3.8) is 0 Å². The van der Waals surface area contributed by atoms with Crippen LogP contribution in [0.15, 0.2) is 35.4 Å². The molecule has 0 aromatic heterocycles. The van der Waals surface area contributed by atoms with Gasteiger partial charge in [0.25, 0.3) is 5.69 Å². The average molecular weight is 259 g/mol. The quantitative estimate of drug-likeness (QED) is 0.499. The van der Waals surface area contributed by atoms with Crippen molar-refractivity contribution < 1.29 is 9.72 Å². The SMILES string of the molecule is O=C(N/N=C\C=C\c1ccccc1[N+](=O)[O-])C1CC1. The third-order valence-corrected chi connectivity index (χ3v) is 2.69. The van der Waals surface area contributed by atoms with Crippen LogP contribution in [0, 0.1) is 16.0 Å². The molecule has 0 unspecified atom stereocenters. The molecule has 0 heterocycles. The van der Waals surface area contributed by atoms with Crippen LogP contribution < -0.4 is 5.43 Å². The molecule has 0 radical (unpaired) electrons. The lowest BCUT2D eigenvalue weighted by Crippen LogP contribution is -2.18. The minimum Gasteiger partial charge on any atom is -0.273 e. The summed E-state index contributed by atoms with van der Waals surface area (Å²) in [6, 6.07) is 6.41. The Morgan fingerprint density at radius 1 is 1.42 bits per heavy atom. The van der Waals surface area contributed by atoms with Gasteiger partial charge in [0.1, 0.15) is 0 Å². The number of nitrogens with zero attached hydrogens (tertiary/aromatic N) is 2. The second-order valence-electron chi connectivity index (χ2n) is 4.20. The fourth-order valence-corrected chi connectivity index (χ4v) is 1.52. The van der Waals surface area contributed by atoms with Crippen molar-refractivity contribution >= 4 is 23.9 Å². The number of hydrogen-bond acceptors (Lipinski definition) is 4. The van der Waals surface area contributed by atoms with E-state index in [1.165, 1.54) is 12.3 Å². The van der Waals surface area contributed by atoms with E-state index in [0.29, 0.717) is 5.56 Å². The van der Waals surface area contributed by atoms with E-state index in [9.17, 15) is 14.9 Å². The van der Waals surface area contributed by atoms with Crippen LogP contribution in [0.25, 0.3) is 6.08 Å². The summed E-state index contributed by atoms with van der Waals surface area (Å²) in [7, 11) is 0. The topological polar surface area (TPSA) is 84.6 Å². The van der Waals surface area contributed by atoms with Crippen molar-refractivity contribution in [3.8, 4) is 0 Å². The highest BCUT2D eigenvalue weighted by Crippen LogP contribution is 2.28. The lowest BCUT2D eigenvalue weighted by Gasteiger charge is -1.95. The van der Waals surface area contributed by atoms with Gasteiger partial charge in [-0.25, -0.2) is 5.43 Å². The van der Waals surface area contributed by atoms with Gasteiger partial charge < -0.3 is 0 Å². The minimum absolute atomic E-state index is 0.0363. The first-order chi connectivity index (χ1) is 9.18.